The third-order valence-corrected chi connectivity index (χ3v) is 4.25. The molecule has 0 saturated carbocycles. The zero-order valence-corrected chi connectivity index (χ0v) is 14.1. The fourth-order valence-corrected chi connectivity index (χ4v) is 3.05. The van der Waals surface area contributed by atoms with Gasteiger partial charge in [-0.1, -0.05) is 12.1 Å². The first kappa shape index (κ1) is 20.4. The van der Waals surface area contributed by atoms with Crippen molar-refractivity contribution >= 4 is 18.1 Å². The van der Waals surface area contributed by atoms with E-state index in [1.807, 2.05) is 12.1 Å². The van der Waals surface area contributed by atoms with Crippen molar-refractivity contribution in [1.82, 2.24) is 5.32 Å². The number of nitrogens with one attached hydrogen (secondary N) is 2. The van der Waals surface area contributed by atoms with Crippen LogP contribution in [0.15, 0.2) is 48.5 Å². The van der Waals surface area contributed by atoms with Crippen LogP contribution in [0.4, 0.5) is 14.5 Å². The Balaban J connectivity index is 0.00000144. The van der Waals surface area contributed by atoms with Crippen LogP contribution >= 0.6 is 12.4 Å². The minimum absolute atomic E-state index is 0. The van der Waals surface area contributed by atoms with E-state index >= 15 is 0 Å². The largest absolute Gasteiger partial charge is 0.412 e. The van der Waals surface area contributed by atoms with Crippen molar-refractivity contribution in [2.45, 2.75) is 18.9 Å². The minimum atomic E-state index is -0.245. The molecule has 0 aromatic heterocycles. The van der Waals surface area contributed by atoms with Crippen LogP contribution in [0.25, 0.3) is 0 Å². The van der Waals surface area contributed by atoms with Crippen LogP contribution in [0.3, 0.4) is 0 Å². The van der Waals surface area contributed by atoms with Gasteiger partial charge in [-0.3, -0.25) is 0 Å². The summed E-state index contributed by atoms with van der Waals surface area (Å²) in [6.45, 7) is 1.99. The molecule has 1 aliphatic rings. The van der Waals surface area contributed by atoms with Crippen molar-refractivity contribution in [1.29, 1.82) is 0 Å². The second-order valence-electron chi connectivity index (χ2n) is 5.77. The highest BCUT2D eigenvalue weighted by Crippen LogP contribution is 2.32. The van der Waals surface area contributed by atoms with Crippen molar-refractivity contribution in [3.63, 3.8) is 0 Å². The number of benzene rings is 2. The van der Waals surface area contributed by atoms with Gasteiger partial charge in [-0.2, -0.15) is 0 Å². The molecular weight excluding hydrogens is 334 g/mol. The van der Waals surface area contributed by atoms with Crippen LogP contribution in [0.5, 0.6) is 0 Å². The second kappa shape index (κ2) is 9.57. The normalized spacial score (nSPS) is 15.8. The number of piperidine rings is 1. The van der Waals surface area contributed by atoms with E-state index in [2.05, 4.69) is 10.6 Å². The Morgan fingerprint density at radius 3 is 1.92 bits per heavy atom. The molecule has 24 heavy (non-hydrogen) atoms. The van der Waals surface area contributed by atoms with Crippen molar-refractivity contribution in [3.8, 4) is 0 Å². The average Bonchev–Trinajstić information content (AvgIpc) is 2.56. The van der Waals surface area contributed by atoms with E-state index in [0.29, 0.717) is 5.92 Å². The first-order chi connectivity index (χ1) is 10.7. The molecule has 0 spiro atoms. The first-order valence-corrected chi connectivity index (χ1v) is 7.70. The Morgan fingerprint density at radius 2 is 1.38 bits per heavy atom. The molecule has 3 rings (SSSR count). The maximum Gasteiger partial charge on any atom is 0.123 e. The zero-order valence-electron chi connectivity index (χ0n) is 13.3. The number of rotatable bonds is 4. The van der Waals surface area contributed by atoms with Crippen LogP contribution in [0.1, 0.15) is 24.4 Å². The highest BCUT2D eigenvalue weighted by molar-refractivity contribution is 5.85. The van der Waals surface area contributed by atoms with E-state index in [-0.39, 0.29) is 35.6 Å². The number of halogens is 3. The molecule has 1 fully saturated rings. The Morgan fingerprint density at radius 1 is 0.875 bits per heavy atom. The molecule has 1 saturated heterocycles. The molecule has 4 N–H and O–H groups in total. The highest BCUT2D eigenvalue weighted by atomic mass is 35.5. The van der Waals surface area contributed by atoms with Gasteiger partial charge < -0.3 is 16.1 Å². The summed E-state index contributed by atoms with van der Waals surface area (Å²) < 4.78 is 26.3. The van der Waals surface area contributed by atoms with Crippen LogP contribution in [-0.2, 0) is 0 Å². The molecule has 0 radical (unpaired) electrons. The van der Waals surface area contributed by atoms with Gasteiger partial charge in [0, 0.05) is 5.69 Å². The molecular formula is C18H23ClF2N2O. The lowest BCUT2D eigenvalue weighted by molar-refractivity contribution is 0.335. The third kappa shape index (κ3) is 5.16. The van der Waals surface area contributed by atoms with Gasteiger partial charge in [0.05, 0.1) is 6.04 Å². The monoisotopic (exact) mass is 356 g/mol. The predicted octanol–water partition coefficient (Wildman–Crippen LogP) is 3.71. The lowest BCUT2D eigenvalue weighted by atomic mass is 9.85. The molecule has 3 nitrogen and oxygen atoms in total. The summed E-state index contributed by atoms with van der Waals surface area (Å²) in [6, 6.07) is 13.1. The molecule has 1 aliphatic heterocycles. The second-order valence-corrected chi connectivity index (χ2v) is 5.77. The van der Waals surface area contributed by atoms with Gasteiger partial charge in [0.15, 0.2) is 0 Å². The van der Waals surface area contributed by atoms with E-state index in [4.69, 9.17) is 0 Å². The summed E-state index contributed by atoms with van der Waals surface area (Å²) in [7, 11) is 0. The Hall–Kier alpha value is -1.69. The smallest absolute Gasteiger partial charge is 0.123 e. The Bertz CT molecular complexity index is 601. The first-order valence-electron chi connectivity index (χ1n) is 7.70. The molecule has 0 aliphatic carbocycles. The molecule has 132 valence electrons. The molecule has 2 aromatic rings. The van der Waals surface area contributed by atoms with E-state index in [1.165, 1.54) is 24.3 Å². The molecule has 2 aromatic carbocycles. The maximum absolute atomic E-state index is 13.2. The topological polar surface area (TPSA) is 55.6 Å². The van der Waals surface area contributed by atoms with Crippen LogP contribution < -0.4 is 10.6 Å². The quantitative estimate of drug-likeness (QED) is 0.877. The summed E-state index contributed by atoms with van der Waals surface area (Å²) in [5, 5.41) is 6.86. The molecule has 6 heteroatoms. The van der Waals surface area contributed by atoms with E-state index in [9.17, 15) is 8.78 Å². The Kier molecular flexibility index (Phi) is 8.11. The molecule has 1 atom stereocenters. The van der Waals surface area contributed by atoms with Crippen LogP contribution in [0.2, 0.25) is 0 Å². The maximum atomic E-state index is 13.2. The van der Waals surface area contributed by atoms with Crippen LogP contribution in [-0.4, -0.2) is 18.6 Å². The van der Waals surface area contributed by atoms with Crippen molar-refractivity contribution in [3.05, 3.63) is 65.7 Å². The predicted molar refractivity (Wildman–Crippen MR) is 95.6 cm³/mol. The summed E-state index contributed by atoms with van der Waals surface area (Å²) in [5.74, 6) is -0.00268. The van der Waals surface area contributed by atoms with Gasteiger partial charge in [-0.25, -0.2) is 8.78 Å². The van der Waals surface area contributed by atoms with Crippen LogP contribution in [0, 0.1) is 17.6 Å². The molecule has 1 unspecified atom stereocenters. The molecule has 0 bridgehead atoms. The van der Waals surface area contributed by atoms with Gasteiger partial charge in [0.2, 0.25) is 0 Å². The summed E-state index contributed by atoms with van der Waals surface area (Å²) in [4.78, 5) is 0. The Labute approximate surface area is 147 Å². The summed E-state index contributed by atoms with van der Waals surface area (Å²) in [6.07, 6.45) is 2.13. The number of anilines is 1. The van der Waals surface area contributed by atoms with E-state index in [0.717, 1.165) is 37.2 Å². The van der Waals surface area contributed by atoms with E-state index < -0.39 is 0 Å². The minimum Gasteiger partial charge on any atom is -0.412 e. The van der Waals surface area contributed by atoms with Gasteiger partial charge in [0.25, 0.3) is 0 Å². The number of hydrogen-bond acceptors (Lipinski definition) is 2. The number of hydrogen-bond donors (Lipinski definition) is 2. The van der Waals surface area contributed by atoms with E-state index in [1.54, 1.807) is 12.1 Å². The average molecular weight is 357 g/mol. The van der Waals surface area contributed by atoms with Crippen molar-refractivity contribution in [2.24, 2.45) is 5.92 Å². The molecule has 1 heterocycles. The third-order valence-electron chi connectivity index (χ3n) is 4.25. The van der Waals surface area contributed by atoms with Crippen molar-refractivity contribution < 1.29 is 14.3 Å². The van der Waals surface area contributed by atoms with Gasteiger partial charge in [-0.15, -0.1) is 12.4 Å². The van der Waals surface area contributed by atoms with Gasteiger partial charge in [0.1, 0.15) is 11.6 Å². The summed E-state index contributed by atoms with van der Waals surface area (Å²) in [5.41, 5.74) is 1.95. The molecule has 0 amide bonds. The summed E-state index contributed by atoms with van der Waals surface area (Å²) >= 11 is 0. The van der Waals surface area contributed by atoms with Crippen molar-refractivity contribution in [2.75, 3.05) is 18.4 Å². The zero-order chi connectivity index (χ0) is 15.4. The lowest BCUT2D eigenvalue weighted by Crippen LogP contribution is -2.33. The fraction of sp³-hybridized carbons (Fsp3) is 0.333. The SMILES string of the molecule is Cl.Fc1ccc(NC(c2ccc(F)cc2)C2CCNCC2)cc1.O. The standard InChI is InChI=1S/C18H20F2N2.ClH.H2O/c19-15-3-1-13(2-4-15)18(14-9-11-21-12-10-14)22-17-7-5-16(20)6-8-17;;/h1-8,14,18,21-22H,9-12H2;1H;1H2. The van der Waals surface area contributed by atoms with Gasteiger partial charge in [-0.05, 0) is 73.8 Å². The van der Waals surface area contributed by atoms with Gasteiger partial charge >= 0.3 is 0 Å². The lowest BCUT2D eigenvalue weighted by Gasteiger charge is -2.32. The fourth-order valence-electron chi connectivity index (χ4n) is 3.05. The highest BCUT2D eigenvalue weighted by Gasteiger charge is 2.25.